The Hall–Kier alpha value is -3.27. The van der Waals surface area contributed by atoms with E-state index in [-0.39, 0.29) is 11.6 Å². The van der Waals surface area contributed by atoms with Crippen LogP contribution in [-0.2, 0) is 6.42 Å². The highest BCUT2D eigenvalue weighted by Crippen LogP contribution is 2.37. The number of unbranched alkanes of at least 4 members (excludes halogenated alkanes) is 1. The summed E-state index contributed by atoms with van der Waals surface area (Å²) in [5.41, 5.74) is 11.9. The molecule has 0 saturated carbocycles. The highest BCUT2D eigenvalue weighted by atomic mass is 16.4. The minimum Gasteiger partial charge on any atom is -0.508 e. The molecule has 3 aromatic carbocycles. The molecule has 27 heavy (non-hydrogen) atoms. The predicted molar refractivity (Wildman–Crippen MR) is 110 cm³/mol. The molecular weight excluding hydrogens is 336 g/mol. The summed E-state index contributed by atoms with van der Waals surface area (Å²) in [4.78, 5) is 0. The van der Waals surface area contributed by atoms with E-state index >= 15 is 0 Å². The van der Waals surface area contributed by atoms with Gasteiger partial charge >= 0.3 is 0 Å². The van der Waals surface area contributed by atoms with E-state index in [1.165, 1.54) is 5.56 Å². The van der Waals surface area contributed by atoms with Crippen molar-refractivity contribution in [3.8, 4) is 28.0 Å². The van der Waals surface area contributed by atoms with Gasteiger partial charge in [0.1, 0.15) is 5.75 Å². The Morgan fingerprint density at radius 1 is 0.926 bits per heavy atom. The number of rotatable bonds is 6. The molecule has 0 aliphatic carbocycles. The first-order valence-corrected chi connectivity index (χ1v) is 9.14. The molecule has 0 aromatic heterocycles. The summed E-state index contributed by atoms with van der Waals surface area (Å²) >= 11 is 0. The van der Waals surface area contributed by atoms with Crippen LogP contribution in [-0.4, -0.2) is 16.1 Å². The third-order valence-corrected chi connectivity index (χ3v) is 4.71. The Morgan fingerprint density at radius 3 is 2.33 bits per heavy atom. The second-order valence-electron chi connectivity index (χ2n) is 6.52. The van der Waals surface area contributed by atoms with Gasteiger partial charge in [-0.05, 0) is 47.2 Å². The first-order chi connectivity index (χ1) is 13.2. The second kappa shape index (κ2) is 8.41. The highest BCUT2D eigenvalue weighted by molar-refractivity contribution is 6.07. The maximum atomic E-state index is 9.64. The molecule has 0 saturated heterocycles. The standard InChI is InChI=1S/C23H24N2O2/c1-2-3-7-16-8-4-5-9-19(16)22-20(17-12-14-18(26)15-13-17)10-6-11-21(22)23(24)25-27/h4-6,8-15,26-27H,2-3,7H2,1H3,(H2,24,25). The zero-order valence-electron chi connectivity index (χ0n) is 15.4. The third-order valence-electron chi connectivity index (χ3n) is 4.71. The fraction of sp³-hybridized carbons (Fsp3) is 0.174. The summed E-state index contributed by atoms with van der Waals surface area (Å²) < 4.78 is 0. The van der Waals surface area contributed by atoms with Crippen molar-refractivity contribution < 1.29 is 10.3 Å². The maximum Gasteiger partial charge on any atom is 0.170 e. The van der Waals surface area contributed by atoms with Crippen LogP contribution in [0.3, 0.4) is 0 Å². The maximum absolute atomic E-state index is 9.64. The quantitative estimate of drug-likeness (QED) is 0.246. The summed E-state index contributed by atoms with van der Waals surface area (Å²) in [6, 6.07) is 21.1. The number of phenols is 1. The third kappa shape index (κ3) is 3.95. The van der Waals surface area contributed by atoms with Crippen molar-refractivity contribution in [1.82, 2.24) is 0 Å². The lowest BCUT2D eigenvalue weighted by Gasteiger charge is -2.18. The summed E-state index contributed by atoms with van der Waals surface area (Å²) in [6.45, 7) is 2.18. The minimum atomic E-state index is 0.0796. The Kier molecular flexibility index (Phi) is 5.77. The summed E-state index contributed by atoms with van der Waals surface area (Å²) in [5.74, 6) is 0.298. The van der Waals surface area contributed by atoms with E-state index in [0.717, 1.165) is 41.5 Å². The zero-order chi connectivity index (χ0) is 19.2. The number of aromatic hydroxyl groups is 1. The fourth-order valence-corrected chi connectivity index (χ4v) is 3.34. The van der Waals surface area contributed by atoms with Crippen molar-refractivity contribution in [2.45, 2.75) is 26.2 Å². The van der Waals surface area contributed by atoms with E-state index in [4.69, 9.17) is 5.73 Å². The van der Waals surface area contributed by atoms with Crippen LogP contribution < -0.4 is 5.73 Å². The molecule has 0 aliphatic rings. The zero-order valence-corrected chi connectivity index (χ0v) is 15.4. The molecule has 4 N–H and O–H groups in total. The van der Waals surface area contributed by atoms with Crippen LogP contribution in [0.1, 0.15) is 30.9 Å². The Balaban J connectivity index is 2.28. The molecule has 0 radical (unpaired) electrons. The van der Waals surface area contributed by atoms with Gasteiger partial charge in [-0.15, -0.1) is 0 Å². The van der Waals surface area contributed by atoms with Gasteiger partial charge in [-0.25, -0.2) is 0 Å². The highest BCUT2D eigenvalue weighted by Gasteiger charge is 2.17. The summed E-state index contributed by atoms with van der Waals surface area (Å²) in [5, 5.41) is 22.2. The average molecular weight is 360 g/mol. The molecule has 0 fully saturated rings. The van der Waals surface area contributed by atoms with Gasteiger partial charge < -0.3 is 16.0 Å². The van der Waals surface area contributed by atoms with Crippen LogP contribution in [0.5, 0.6) is 5.75 Å². The molecule has 4 nitrogen and oxygen atoms in total. The lowest BCUT2D eigenvalue weighted by atomic mass is 9.86. The number of benzene rings is 3. The molecule has 0 unspecified atom stereocenters. The molecule has 0 heterocycles. The monoisotopic (exact) mass is 360 g/mol. The van der Waals surface area contributed by atoms with E-state index in [2.05, 4.69) is 24.2 Å². The topological polar surface area (TPSA) is 78.8 Å². The fourth-order valence-electron chi connectivity index (χ4n) is 3.34. The minimum absolute atomic E-state index is 0.0796. The van der Waals surface area contributed by atoms with Crippen LogP contribution in [0.2, 0.25) is 0 Å². The number of nitrogens with zero attached hydrogens (tertiary/aromatic N) is 1. The van der Waals surface area contributed by atoms with Gasteiger partial charge in [0.2, 0.25) is 0 Å². The number of phenolic OH excluding ortho intramolecular Hbond substituents is 1. The lowest BCUT2D eigenvalue weighted by Crippen LogP contribution is -2.15. The van der Waals surface area contributed by atoms with Gasteiger partial charge in [0.25, 0.3) is 0 Å². The molecule has 0 atom stereocenters. The predicted octanol–water partition coefficient (Wildman–Crippen LogP) is 5.16. The Bertz CT molecular complexity index is 947. The van der Waals surface area contributed by atoms with Gasteiger partial charge in [-0.2, -0.15) is 0 Å². The average Bonchev–Trinajstić information content (AvgIpc) is 2.72. The molecular formula is C23H24N2O2. The Labute approximate surface area is 159 Å². The van der Waals surface area contributed by atoms with Gasteiger partial charge in [-0.1, -0.05) is 73.1 Å². The molecule has 138 valence electrons. The van der Waals surface area contributed by atoms with Gasteiger partial charge in [0.15, 0.2) is 5.84 Å². The number of aryl methyl sites for hydroxylation is 1. The number of amidine groups is 1. The van der Waals surface area contributed by atoms with Crippen molar-refractivity contribution in [2.75, 3.05) is 0 Å². The Morgan fingerprint density at radius 2 is 1.63 bits per heavy atom. The van der Waals surface area contributed by atoms with E-state index in [1.54, 1.807) is 12.1 Å². The number of nitrogens with two attached hydrogens (primary N) is 1. The van der Waals surface area contributed by atoms with E-state index in [0.29, 0.717) is 5.56 Å². The van der Waals surface area contributed by atoms with Gasteiger partial charge in [0, 0.05) is 11.1 Å². The number of oxime groups is 1. The normalized spacial score (nSPS) is 11.5. The first-order valence-electron chi connectivity index (χ1n) is 9.14. The van der Waals surface area contributed by atoms with Crippen molar-refractivity contribution in [3.63, 3.8) is 0 Å². The van der Waals surface area contributed by atoms with Crippen molar-refractivity contribution >= 4 is 5.84 Å². The van der Waals surface area contributed by atoms with Crippen molar-refractivity contribution in [1.29, 1.82) is 0 Å². The smallest absolute Gasteiger partial charge is 0.170 e. The molecule has 0 aliphatic heterocycles. The second-order valence-corrected chi connectivity index (χ2v) is 6.52. The summed E-state index contributed by atoms with van der Waals surface area (Å²) in [7, 11) is 0. The number of hydrogen-bond acceptors (Lipinski definition) is 3. The number of hydrogen-bond donors (Lipinski definition) is 3. The van der Waals surface area contributed by atoms with Gasteiger partial charge in [-0.3, -0.25) is 0 Å². The van der Waals surface area contributed by atoms with Crippen LogP contribution in [0, 0.1) is 0 Å². The lowest BCUT2D eigenvalue weighted by molar-refractivity contribution is 0.318. The van der Waals surface area contributed by atoms with Crippen LogP contribution in [0.4, 0.5) is 0 Å². The molecule has 3 aromatic rings. The van der Waals surface area contributed by atoms with Crippen LogP contribution >= 0.6 is 0 Å². The van der Waals surface area contributed by atoms with Crippen molar-refractivity contribution in [2.24, 2.45) is 10.9 Å². The van der Waals surface area contributed by atoms with Crippen molar-refractivity contribution in [3.05, 3.63) is 77.9 Å². The molecule has 0 amide bonds. The molecule has 0 spiro atoms. The largest absolute Gasteiger partial charge is 0.508 e. The van der Waals surface area contributed by atoms with E-state index in [1.807, 2.05) is 42.5 Å². The van der Waals surface area contributed by atoms with Crippen LogP contribution in [0.25, 0.3) is 22.3 Å². The van der Waals surface area contributed by atoms with Gasteiger partial charge in [0.05, 0.1) is 0 Å². The SMILES string of the molecule is CCCCc1ccccc1-c1c(C(N)=NO)cccc1-c1ccc(O)cc1. The first kappa shape index (κ1) is 18.5. The molecule has 0 bridgehead atoms. The molecule has 3 rings (SSSR count). The molecule has 4 heteroatoms. The summed E-state index contributed by atoms with van der Waals surface area (Å²) in [6.07, 6.45) is 3.17. The van der Waals surface area contributed by atoms with E-state index in [9.17, 15) is 10.3 Å². The van der Waals surface area contributed by atoms with E-state index < -0.39 is 0 Å². The van der Waals surface area contributed by atoms with Crippen LogP contribution in [0.15, 0.2) is 71.9 Å².